The first-order chi connectivity index (χ1) is 13.7. The van der Waals surface area contributed by atoms with Crippen molar-refractivity contribution in [1.82, 2.24) is 9.97 Å². The lowest BCUT2D eigenvalue weighted by atomic mass is 10.1. The molecule has 7 heteroatoms. The minimum atomic E-state index is -0.351. The third-order valence-electron chi connectivity index (χ3n) is 3.93. The van der Waals surface area contributed by atoms with E-state index in [1.807, 2.05) is 19.1 Å². The van der Waals surface area contributed by atoms with Crippen molar-refractivity contribution in [2.45, 2.75) is 13.3 Å². The van der Waals surface area contributed by atoms with Gasteiger partial charge in [0.15, 0.2) is 0 Å². The molecule has 0 unspecified atom stereocenters. The van der Waals surface area contributed by atoms with Crippen LogP contribution in [-0.4, -0.2) is 29.0 Å². The molecule has 0 aliphatic heterocycles. The van der Waals surface area contributed by atoms with Gasteiger partial charge in [0, 0.05) is 12.7 Å². The van der Waals surface area contributed by atoms with Crippen LogP contribution in [0.5, 0.6) is 5.75 Å². The van der Waals surface area contributed by atoms with Crippen LogP contribution in [0, 0.1) is 5.82 Å². The number of ether oxygens (including phenoxy) is 1. The number of carbonyl (C=O) groups excluding carboxylic acids is 1. The van der Waals surface area contributed by atoms with E-state index in [0.717, 1.165) is 5.56 Å². The molecule has 3 rings (SSSR count). The van der Waals surface area contributed by atoms with Gasteiger partial charge in [0.05, 0.1) is 12.3 Å². The van der Waals surface area contributed by atoms with Gasteiger partial charge in [-0.2, -0.15) is 0 Å². The second-order valence-electron chi connectivity index (χ2n) is 5.95. The highest BCUT2D eigenvalue weighted by Crippen LogP contribution is 2.24. The number of nitrogens with zero attached hydrogens (tertiary/aromatic N) is 2. The lowest BCUT2D eigenvalue weighted by molar-refractivity contribution is 0.102. The number of para-hydroxylation sites is 2. The van der Waals surface area contributed by atoms with E-state index in [4.69, 9.17) is 4.74 Å². The van der Waals surface area contributed by atoms with Crippen molar-refractivity contribution in [1.29, 1.82) is 0 Å². The summed E-state index contributed by atoms with van der Waals surface area (Å²) in [7, 11) is 0. The van der Waals surface area contributed by atoms with Crippen LogP contribution in [0.25, 0.3) is 0 Å². The molecule has 2 aromatic carbocycles. The van der Waals surface area contributed by atoms with Crippen LogP contribution in [0.15, 0.2) is 60.8 Å². The van der Waals surface area contributed by atoms with E-state index in [9.17, 15) is 9.18 Å². The Kier molecular flexibility index (Phi) is 6.51. The number of benzene rings is 2. The first-order valence-corrected chi connectivity index (χ1v) is 9.00. The molecule has 1 amide bonds. The molecule has 0 atom stereocenters. The maximum Gasteiger partial charge on any atom is 0.274 e. The summed E-state index contributed by atoms with van der Waals surface area (Å²) >= 11 is 0. The summed E-state index contributed by atoms with van der Waals surface area (Å²) < 4.78 is 18.5. The Morgan fingerprint density at radius 1 is 1.11 bits per heavy atom. The van der Waals surface area contributed by atoms with Crippen molar-refractivity contribution in [3.05, 3.63) is 77.9 Å². The molecule has 144 valence electrons. The summed E-state index contributed by atoms with van der Waals surface area (Å²) in [5.74, 6) is 0.346. The van der Waals surface area contributed by atoms with Crippen LogP contribution in [0.2, 0.25) is 0 Å². The van der Waals surface area contributed by atoms with Gasteiger partial charge in [-0.3, -0.25) is 4.79 Å². The van der Waals surface area contributed by atoms with Crippen LogP contribution in [0.4, 0.5) is 16.0 Å². The van der Waals surface area contributed by atoms with Crippen LogP contribution in [-0.2, 0) is 6.42 Å². The normalized spacial score (nSPS) is 10.4. The van der Waals surface area contributed by atoms with Crippen LogP contribution < -0.4 is 15.4 Å². The summed E-state index contributed by atoms with van der Waals surface area (Å²) in [5.41, 5.74) is 1.82. The van der Waals surface area contributed by atoms with E-state index < -0.39 is 0 Å². The van der Waals surface area contributed by atoms with E-state index in [0.29, 0.717) is 37.0 Å². The van der Waals surface area contributed by atoms with Crippen molar-refractivity contribution in [3.63, 3.8) is 0 Å². The SMILES string of the molecule is CCOc1ccccc1NC(=O)c1ccnc(NCCc2ccc(F)cc2)n1. The molecule has 2 N–H and O–H groups in total. The Labute approximate surface area is 162 Å². The number of amides is 1. The Bertz CT molecular complexity index is 932. The first kappa shape index (κ1) is 19.3. The van der Waals surface area contributed by atoms with Crippen molar-refractivity contribution in [2.75, 3.05) is 23.8 Å². The van der Waals surface area contributed by atoms with Crippen molar-refractivity contribution >= 4 is 17.5 Å². The number of halogens is 1. The lowest BCUT2D eigenvalue weighted by Gasteiger charge is -2.11. The van der Waals surface area contributed by atoms with Gasteiger partial charge in [0.2, 0.25) is 5.95 Å². The van der Waals surface area contributed by atoms with E-state index in [1.165, 1.54) is 18.3 Å². The predicted molar refractivity (Wildman–Crippen MR) is 106 cm³/mol. The minimum Gasteiger partial charge on any atom is -0.492 e. The van der Waals surface area contributed by atoms with Crippen LogP contribution in [0.3, 0.4) is 0 Å². The zero-order valence-corrected chi connectivity index (χ0v) is 15.5. The molecule has 3 aromatic rings. The fraction of sp³-hybridized carbons (Fsp3) is 0.190. The van der Waals surface area contributed by atoms with Crippen molar-refractivity contribution < 1.29 is 13.9 Å². The molecule has 0 aliphatic rings. The van der Waals surface area contributed by atoms with Gasteiger partial charge in [0.25, 0.3) is 5.91 Å². The van der Waals surface area contributed by atoms with Gasteiger partial charge in [-0.05, 0) is 49.2 Å². The number of rotatable bonds is 8. The molecule has 0 fully saturated rings. The van der Waals surface area contributed by atoms with Gasteiger partial charge in [-0.25, -0.2) is 14.4 Å². The topological polar surface area (TPSA) is 76.1 Å². The second-order valence-corrected chi connectivity index (χ2v) is 5.95. The zero-order valence-electron chi connectivity index (χ0n) is 15.5. The lowest BCUT2D eigenvalue weighted by Crippen LogP contribution is -2.16. The molecule has 0 aliphatic carbocycles. The molecule has 28 heavy (non-hydrogen) atoms. The third-order valence-corrected chi connectivity index (χ3v) is 3.93. The summed E-state index contributed by atoms with van der Waals surface area (Å²) in [5, 5.41) is 5.89. The highest BCUT2D eigenvalue weighted by molar-refractivity contribution is 6.03. The van der Waals surface area contributed by atoms with Gasteiger partial charge in [-0.15, -0.1) is 0 Å². The van der Waals surface area contributed by atoms with Gasteiger partial charge in [-0.1, -0.05) is 24.3 Å². The number of anilines is 2. The van der Waals surface area contributed by atoms with E-state index in [-0.39, 0.29) is 17.4 Å². The number of hydrogen-bond donors (Lipinski definition) is 2. The predicted octanol–water partition coefficient (Wildman–Crippen LogP) is 3.92. The molecule has 6 nitrogen and oxygen atoms in total. The third kappa shape index (κ3) is 5.26. The molecule has 0 saturated carbocycles. The van der Waals surface area contributed by atoms with E-state index in [2.05, 4.69) is 20.6 Å². The van der Waals surface area contributed by atoms with Crippen LogP contribution in [0.1, 0.15) is 23.0 Å². The number of aromatic nitrogens is 2. The molecule has 1 heterocycles. The smallest absolute Gasteiger partial charge is 0.274 e. The monoisotopic (exact) mass is 380 g/mol. The Hall–Kier alpha value is -3.48. The van der Waals surface area contributed by atoms with Gasteiger partial charge >= 0.3 is 0 Å². The molecule has 1 aromatic heterocycles. The molecule has 0 bridgehead atoms. The molecular formula is C21H21FN4O2. The summed E-state index contributed by atoms with van der Waals surface area (Å²) in [6.07, 6.45) is 2.21. The summed E-state index contributed by atoms with van der Waals surface area (Å²) in [6.45, 7) is 2.94. The minimum absolute atomic E-state index is 0.241. The molecule has 0 radical (unpaired) electrons. The van der Waals surface area contributed by atoms with Crippen molar-refractivity contribution in [2.24, 2.45) is 0 Å². The number of carbonyl (C=O) groups is 1. The fourth-order valence-electron chi connectivity index (χ4n) is 2.58. The van der Waals surface area contributed by atoms with E-state index in [1.54, 1.807) is 30.3 Å². The zero-order chi connectivity index (χ0) is 19.8. The Balaban J connectivity index is 1.61. The van der Waals surface area contributed by atoms with Crippen molar-refractivity contribution in [3.8, 4) is 5.75 Å². The average Bonchev–Trinajstić information content (AvgIpc) is 2.71. The second kappa shape index (κ2) is 9.45. The maximum atomic E-state index is 12.9. The molecular weight excluding hydrogens is 359 g/mol. The van der Waals surface area contributed by atoms with Gasteiger partial charge in [0.1, 0.15) is 17.3 Å². The first-order valence-electron chi connectivity index (χ1n) is 9.00. The standard InChI is InChI=1S/C21H21FN4O2/c1-2-28-19-6-4-3-5-17(19)25-20(27)18-12-14-24-21(26-18)23-13-11-15-7-9-16(22)10-8-15/h3-10,12,14H,2,11,13H2,1H3,(H,25,27)(H,23,24,26). The number of nitrogens with one attached hydrogen (secondary N) is 2. The van der Waals surface area contributed by atoms with Crippen LogP contribution >= 0.6 is 0 Å². The average molecular weight is 380 g/mol. The highest BCUT2D eigenvalue weighted by atomic mass is 19.1. The summed E-state index contributed by atoms with van der Waals surface area (Å²) in [4.78, 5) is 20.9. The number of hydrogen-bond acceptors (Lipinski definition) is 5. The molecule has 0 spiro atoms. The Morgan fingerprint density at radius 3 is 2.68 bits per heavy atom. The fourth-order valence-corrected chi connectivity index (χ4v) is 2.58. The molecule has 0 saturated heterocycles. The van der Waals surface area contributed by atoms with Gasteiger partial charge < -0.3 is 15.4 Å². The summed E-state index contributed by atoms with van der Waals surface area (Å²) in [6, 6.07) is 15.1. The highest BCUT2D eigenvalue weighted by Gasteiger charge is 2.12. The maximum absolute atomic E-state index is 12.9. The largest absolute Gasteiger partial charge is 0.492 e. The Morgan fingerprint density at radius 2 is 1.89 bits per heavy atom. The van der Waals surface area contributed by atoms with E-state index >= 15 is 0 Å². The quantitative estimate of drug-likeness (QED) is 0.619.